The Kier molecular flexibility index (Phi) is 4.11. The molecule has 0 aliphatic carbocycles. The molecule has 4 heteroatoms. The lowest BCUT2D eigenvalue weighted by molar-refractivity contribution is 0.425. The molecule has 0 heterocycles. The fourth-order valence-electron chi connectivity index (χ4n) is 1.59. The molecule has 0 amide bonds. The van der Waals surface area contributed by atoms with Gasteiger partial charge in [0.05, 0.1) is 4.47 Å². The van der Waals surface area contributed by atoms with Crippen LogP contribution in [0.1, 0.15) is 25.3 Å². The highest BCUT2D eigenvalue weighted by molar-refractivity contribution is 9.10. The van der Waals surface area contributed by atoms with Gasteiger partial charge >= 0.3 is 0 Å². The zero-order valence-corrected chi connectivity index (χ0v) is 10.4. The Hall–Kier alpha value is -0.610. The minimum atomic E-state index is -0.613. The maximum absolute atomic E-state index is 13.3. The molecule has 15 heavy (non-hydrogen) atoms. The summed E-state index contributed by atoms with van der Waals surface area (Å²) in [6.45, 7) is 4.54. The molecule has 0 radical (unpaired) electrons. The van der Waals surface area contributed by atoms with Crippen LogP contribution in [0, 0.1) is 11.7 Å². The van der Waals surface area contributed by atoms with Gasteiger partial charge in [-0.2, -0.15) is 0 Å². The van der Waals surface area contributed by atoms with Crippen molar-refractivity contribution in [2.75, 3.05) is 6.54 Å². The van der Waals surface area contributed by atoms with Crippen LogP contribution in [0.25, 0.3) is 0 Å². The van der Waals surface area contributed by atoms with Crippen molar-refractivity contribution in [3.8, 4) is 5.75 Å². The van der Waals surface area contributed by atoms with Gasteiger partial charge in [0, 0.05) is 0 Å². The molecule has 84 valence electrons. The highest BCUT2D eigenvalue weighted by atomic mass is 79.9. The second-order valence-electron chi connectivity index (χ2n) is 3.92. The van der Waals surface area contributed by atoms with Gasteiger partial charge in [-0.1, -0.05) is 13.8 Å². The van der Waals surface area contributed by atoms with Gasteiger partial charge in [-0.15, -0.1) is 0 Å². The fourth-order valence-corrected chi connectivity index (χ4v) is 2.05. The summed E-state index contributed by atoms with van der Waals surface area (Å²) >= 11 is 3.11. The largest absolute Gasteiger partial charge is 0.504 e. The van der Waals surface area contributed by atoms with Crippen LogP contribution in [0.15, 0.2) is 16.6 Å². The molecule has 0 spiro atoms. The normalized spacial score (nSPS) is 13.2. The van der Waals surface area contributed by atoms with Crippen molar-refractivity contribution < 1.29 is 9.50 Å². The van der Waals surface area contributed by atoms with Crippen LogP contribution in [0.4, 0.5) is 4.39 Å². The summed E-state index contributed by atoms with van der Waals surface area (Å²) in [6.07, 6.45) is 0. The van der Waals surface area contributed by atoms with Crippen molar-refractivity contribution >= 4 is 15.9 Å². The summed E-state index contributed by atoms with van der Waals surface area (Å²) in [5.41, 5.74) is 6.46. The van der Waals surface area contributed by atoms with E-state index in [0.717, 1.165) is 5.56 Å². The van der Waals surface area contributed by atoms with E-state index < -0.39 is 5.82 Å². The topological polar surface area (TPSA) is 46.2 Å². The Labute approximate surface area is 97.4 Å². The lowest BCUT2D eigenvalue weighted by atomic mass is 9.88. The molecule has 0 bridgehead atoms. The number of nitrogens with two attached hydrogens (primary N) is 1. The summed E-state index contributed by atoms with van der Waals surface area (Å²) in [4.78, 5) is 0. The fraction of sp³-hybridized carbons (Fsp3) is 0.455. The molecular weight excluding hydrogens is 261 g/mol. The van der Waals surface area contributed by atoms with Crippen molar-refractivity contribution in [3.05, 3.63) is 28.0 Å². The standard InChI is InChI=1S/C11H15BrFNO/c1-6(2)8(5-14)7-3-9(12)11(15)10(13)4-7/h3-4,6,8,15H,5,14H2,1-2H3. The Bertz CT molecular complexity index is 331. The number of halogens is 2. The van der Waals surface area contributed by atoms with Crippen LogP contribution in [0.5, 0.6) is 5.75 Å². The minimum Gasteiger partial charge on any atom is -0.504 e. The molecule has 1 rings (SSSR count). The van der Waals surface area contributed by atoms with E-state index in [4.69, 9.17) is 5.73 Å². The van der Waals surface area contributed by atoms with Gasteiger partial charge < -0.3 is 10.8 Å². The molecule has 1 aromatic rings. The predicted molar refractivity (Wildman–Crippen MR) is 62.4 cm³/mol. The van der Waals surface area contributed by atoms with Crippen LogP contribution < -0.4 is 5.73 Å². The number of hydrogen-bond donors (Lipinski definition) is 2. The van der Waals surface area contributed by atoms with Gasteiger partial charge in [0.15, 0.2) is 11.6 Å². The first-order chi connectivity index (χ1) is 6.97. The first-order valence-electron chi connectivity index (χ1n) is 4.85. The summed E-state index contributed by atoms with van der Waals surface area (Å²) in [7, 11) is 0. The van der Waals surface area contributed by atoms with Crippen molar-refractivity contribution in [2.45, 2.75) is 19.8 Å². The van der Waals surface area contributed by atoms with Crippen molar-refractivity contribution in [1.29, 1.82) is 0 Å². The molecule has 2 nitrogen and oxygen atoms in total. The van der Waals surface area contributed by atoms with E-state index in [1.807, 2.05) is 13.8 Å². The molecule has 1 aromatic carbocycles. The molecule has 0 aliphatic heterocycles. The maximum atomic E-state index is 13.3. The third kappa shape index (κ3) is 2.69. The first kappa shape index (κ1) is 12.5. The van der Waals surface area contributed by atoms with E-state index in [1.165, 1.54) is 6.07 Å². The summed E-state index contributed by atoms with van der Waals surface area (Å²) < 4.78 is 13.7. The number of phenols is 1. The minimum absolute atomic E-state index is 0.108. The second-order valence-corrected chi connectivity index (χ2v) is 4.77. The Morgan fingerprint density at radius 2 is 2.07 bits per heavy atom. The van der Waals surface area contributed by atoms with E-state index in [1.54, 1.807) is 6.07 Å². The lowest BCUT2D eigenvalue weighted by Crippen LogP contribution is -2.18. The highest BCUT2D eigenvalue weighted by Gasteiger charge is 2.17. The van der Waals surface area contributed by atoms with Gasteiger partial charge in [0.1, 0.15) is 0 Å². The molecule has 0 saturated carbocycles. The second kappa shape index (κ2) is 4.94. The van der Waals surface area contributed by atoms with Gasteiger partial charge in [0.25, 0.3) is 0 Å². The van der Waals surface area contributed by atoms with Crippen LogP contribution in [0.2, 0.25) is 0 Å². The van der Waals surface area contributed by atoms with Crippen LogP contribution in [0.3, 0.4) is 0 Å². The van der Waals surface area contributed by atoms with E-state index in [0.29, 0.717) is 16.9 Å². The van der Waals surface area contributed by atoms with Crippen molar-refractivity contribution in [3.63, 3.8) is 0 Å². The van der Waals surface area contributed by atoms with Gasteiger partial charge in [-0.05, 0) is 52.0 Å². The Balaban J connectivity index is 3.14. The van der Waals surface area contributed by atoms with Gasteiger partial charge in [0.2, 0.25) is 0 Å². The summed E-state index contributed by atoms with van der Waals surface area (Å²) in [5, 5.41) is 9.27. The predicted octanol–water partition coefficient (Wildman–Crippen LogP) is 2.99. The molecule has 1 atom stereocenters. The first-order valence-corrected chi connectivity index (χ1v) is 5.64. The van der Waals surface area contributed by atoms with Gasteiger partial charge in [-0.3, -0.25) is 0 Å². The van der Waals surface area contributed by atoms with E-state index in [9.17, 15) is 9.50 Å². The zero-order chi connectivity index (χ0) is 11.6. The molecular formula is C11H15BrFNO. The molecule has 0 aliphatic rings. The number of rotatable bonds is 3. The van der Waals surface area contributed by atoms with Gasteiger partial charge in [-0.25, -0.2) is 4.39 Å². The van der Waals surface area contributed by atoms with Crippen molar-refractivity contribution in [1.82, 2.24) is 0 Å². The van der Waals surface area contributed by atoms with E-state index in [-0.39, 0.29) is 11.7 Å². The van der Waals surface area contributed by atoms with Crippen LogP contribution in [-0.2, 0) is 0 Å². The summed E-state index contributed by atoms with van der Waals surface area (Å²) in [6, 6.07) is 3.06. The average Bonchev–Trinajstić information content (AvgIpc) is 2.14. The van der Waals surface area contributed by atoms with E-state index in [2.05, 4.69) is 15.9 Å². The Morgan fingerprint density at radius 1 is 1.47 bits per heavy atom. The highest BCUT2D eigenvalue weighted by Crippen LogP contribution is 2.33. The monoisotopic (exact) mass is 275 g/mol. The van der Waals surface area contributed by atoms with Crippen LogP contribution in [-0.4, -0.2) is 11.7 Å². The maximum Gasteiger partial charge on any atom is 0.166 e. The molecule has 3 N–H and O–H groups in total. The molecule has 0 saturated heterocycles. The lowest BCUT2D eigenvalue weighted by Gasteiger charge is -2.19. The average molecular weight is 276 g/mol. The molecule has 0 fully saturated rings. The smallest absolute Gasteiger partial charge is 0.166 e. The number of benzene rings is 1. The summed E-state index contributed by atoms with van der Waals surface area (Å²) in [5.74, 6) is -0.515. The molecule has 0 aromatic heterocycles. The molecule has 1 unspecified atom stereocenters. The SMILES string of the molecule is CC(C)C(CN)c1cc(F)c(O)c(Br)c1. The number of phenolic OH excluding ortho intramolecular Hbond substituents is 1. The third-order valence-corrected chi connectivity index (χ3v) is 3.13. The quantitative estimate of drug-likeness (QED) is 0.891. The Morgan fingerprint density at radius 3 is 2.47 bits per heavy atom. The number of aromatic hydroxyl groups is 1. The third-order valence-electron chi connectivity index (χ3n) is 2.53. The number of hydrogen-bond acceptors (Lipinski definition) is 2. The van der Waals surface area contributed by atoms with Crippen LogP contribution >= 0.6 is 15.9 Å². The van der Waals surface area contributed by atoms with Crippen molar-refractivity contribution in [2.24, 2.45) is 11.7 Å². The van der Waals surface area contributed by atoms with E-state index >= 15 is 0 Å². The zero-order valence-electron chi connectivity index (χ0n) is 8.80.